The summed E-state index contributed by atoms with van der Waals surface area (Å²) >= 11 is 1.62. The number of carbonyl (C=O) groups excluding carboxylic acids is 1. The summed E-state index contributed by atoms with van der Waals surface area (Å²) in [5.41, 5.74) is 2.43. The highest BCUT2D eigenvalue weighted by atomic mass is 32.1. The van der Waals surface area contributed by atoms with E-state index in [1.807, 2.05) is 37.4 Å². The summed E-state index contributed by atoms with van der Waals surface area (Å²) in [5.74, 6) is -0.00620. The van der Waals surface area contributed by atoms with Crippen LogP contribution in [0.5, 0.6) is 0 Å². The summed E-state index contributed by atoms with van der Waals surface area (Å²) in [6.07, 6.45) is 0. The quantitative estimate of drug-likeness (QED) is 0.793. The number of aryl methyl sites for hydroxylation is 1. The Hall–Kier alpha value is -1.88. The number of hydrogen-bond acceptors (Lipinski definition) is 3. The van der Waals surface area contributed by atoms with E-state index in [-0.39, 0.29) is 5.91 Å². The SMILES string of the molecule is C=C(C)CN(CC)C(=O)c1cc(-c2cccs2)nn1C. The molecule has 0 saturated carbocycles. The number of carbonyl (C=O) groups is 1. The van der Waals surface area contributed by atoms with E-state index in [0.717, 1.165) is 16.1 Å². The van der Waals surface area contributed by atoms with Gasteiger partial charge in [-0.25, -0.2) is 0 Å². The van der Waals surface area contributed by atoms with Crippen LogP contribution in [0.3, 0.4) is 0 Å². The first kappa shape index (κ1) is 14.5. The van der Waals surface area contributed by atoms with Crippen molar-refractivity contribution < 1.29 is 4.79 Å². The Kier molecular flexibility index (Phi) is 4.39. The zero-order valence-corrected chi connectivity index (χ0v) is 12.9. The lowest BCUT2D eigenvalue weighted by atomic mass is 10.2. The first-order valence-corrected chi connectivity index (χ1v) is 7.42. The van der Waals surface area contributed by atoms with Crippen LogP contribution in [-0.4, -0.2) is 33.7 Å². The van der Waals surface area contributed by atoms with Gasteiger partial charge in [0.1, 0.15) is 11.4 Å². The van der Waals surface area contributed by atoms with Gasteiger partial charge in [-0.3, -0.25) is 9.48 Å². The standard InChI is InChI=1S/C15H19N3OS/c1-5-18(10-11(2)3)15(19)13-9-12(16-17(13)4)14-7-6-8-20-14/h6-9H,2,5,10H2,1,3-4H3. The van der Waals surface area contributed by atoms with Crippen LogP contribution < -0.4 is 0 Å². The predicted molar refractivity (Wildman–Crippen MR) is 82.9 cm³/mol. The van der Waals surface area contributed by atoms with Crippen LogP contribution in [-0.2, 0) is 7.05 Å². The Labute approximate surface area is 123 Å². The molecule has 0 aliphatic heterocycles. The fraction of sp³-hybridized carbons (Fsp3) is 0.333. The van der Waals surface area contributed by atoms with Crippen LogP contribution in [0.4, 0.5) is 0 Å². The largest absolute Gasteiger partial charge is 0.334 e. The molecule has 2 aromatic rings. The van der Waals surface area contributed by atoms with Gasteiger partial charge in [0.15, 0.2) is 0 Å². The predicted octanol–water partition coefficient (Wildman–Crippen LogP) is 3.19. The smallest absolute Gasteiger partial charge is 0.272 e. The second kappa shape index (κ2) is 6.05. The van der Waals surface area contributed by atoms with Gasteiger partial charge in [0.2, 0.25) is 0 Å². The minimum Gasteiger partial charge on any atom is -0.334 e. The van der Waals surface area contributed by atoms with Crippen LogP contribution >= 0.6 is 11.3 Å². The maximum absolute atomic E-state index is 12.5. The van der Waals surface area contributed by atoms with Gasteiger partial charge in [0.25, 0.3) is 5.91 Å². The minimum absolute atomic E-state index is 0.00620. The molecule has 0 N–H and O–H groups in total. The second-order valence-electron chi connectivity index (χ2n) is 4.79. The van der Waals surface area contributed by atoms with Crippen molar-refractivity contribution in [2.75, 3.05) is 13.1 Å². The van der Waals surface area contributed by atoms with Crippen LogP contribution in [0.25, 0.3) is 10.6 Å². The van der Waals surface area contributed by atoms with Crippen LogP contribution in [0.15, 0.2) is 35.7 Å². The molecule has 0 spiro atoms. The van der Waals surface area contributed by atoms with Crippen LogP contribution in [0.2, 0.25) is 0 Å². The first-order valence-electron chi connectivity index (χ1n) is 6.54. The molecule has 0 unspecified atom stereocenters. The molecule has 0 fully saturated rings. The lowest BCUT2D eigenvalue weighted by Crippen LogP contribution is -2.33. The Balaban J connectivity index is 2.28. The fourth-order valence-electron chi connectivity index (χ4n) is 2.03. The molecule has 20 heavy (non-hydrogen) atoms. The first-order chi connectivity index (χ1) is 9.52. The summed E-state index contributed by atoms with van der Waals surface area (Å²) in [6.45, 7) is 9.01. The van der Waals surface area contributed by atoms with Crippen molar-refractivity contribution in [2.24, 2.45) is 7.05 Å². The monoisotopic (exact) mass is 289 g/mol. The molecule has 0 bridgehead atoms. The molecule has 0 aromatic carbocycles. The number of thiophene rings is 1. The minimum atomic E-state index is -0.00620. The van der Waals surface area contributed by atoms with Crippen molar-refractivity contribution in [1.29, 1.82) is 0 Å². The average Bonchev–Trinajstić information content (AvgIpc) is 3.03. The second-order valence-corrected chi connectivity index (χ2v) is 5.74. The number of nitrogens with zero attached hydrogens (tertiary/aromatic N) is 3. The molecule has 2 aromatic heterocycles. The van der Waals surface area contributed by atoms with E-state index in [2.05, 4.69) is 11.7 Å². The Morgan fingerprint density at radius 3 is 2.85 bits per heavy atom. The lowest BCUT2D eigenvalue weighted by molar-refractivity contribution is 0.0767. The molecule has 1 amide bonds. The molecule has 0 aliphatic carbocycles. The Morgan fingerprint density at radius 2 is 2.30 bits per heavy atom. The van der Waals surface area contributed by atoms with Gasteiger partial charge >= 0.3 is 0 Å². The van der Waals surface area contributed by atoms with Crippen LogP contribution in [0, 0.1) is 0 Å². The van der Waals surface area contributed by atoms with Crippen molar-refractivity contribution >= 4 is 17.2 Å². The van der Waals surface area contributed by atoms with E-state index in [9.17, 15) is 4.79 Å². The lowest BCUT2D eigenvalue weighted by Gasteiger charge is -2.20. The molecule has 0 aliphatic rings. The number of aromatic nitrogens is 2. The molecule has 2 rings (SSSR count). The normalized spacial score (nSPS) is 10.6. The molecule has 5 heteroatoms. The average molecular weight is 289 g/mol. The summed E-state index contributed by atoms with van der Waals surface area (Å²) < 4.78 is 1.65. The summed E-state index contributed by atoms with van der Waals surface area (Å²) in [7, 11) is 1.80. The topological polar surface area (TPSA) is 38.1 Å². The molecular weight excluding hydrogens is 270 g/mol. The van der Waals surface area contributed by atoms with E-state index in [4.69, 9.17) is 0 Å². The van der Waals surface area contributed by atoms with Crippen molar-refractivity contribution in [3.05, 3.63) is 41.4 Å². The maximum atomic E-state index is 12.5. The van der Waals surface area contributed by atoms with E-state index < -0.39 is 0 Å². The van der Waals surface area contributed by atoms with Gasteiger partial charge < -0.3 is 4.90 Å². The fourth-order valence-corrected chi connectivity index (χ4v) is 2.71. The molecule has 0 atom stereocenters. The van der Waals surface area contributed by atoms with Crippen LogP contribution in [0.1, 0.15) is 24.3 Å². The third-order valence-electron chi connectivity index (χ3n) is 3.00. The molecular formula is C15H19N3OS. The highest BCUT2D eigenvalue weighted by Gasteiger charge is 2.19. The maximum Gasteiger partial charge on any atom is 0.272 e. The zero-order valence-electron chi connectivity index (χ0n) is 12.1. The molecule has 0 saturated heterocycles. The van der Waals surface area contributed by atoms with Gasteiger partial charge in [-0.2, -0.15) is 5.10 Å². The summed E-state index contributed by atoms with van der Waals surface area (Å²) in [6, 6.07) is 5.84. The summed E-state index contributed by atoms with van der Waals surface area (Å²) in [5, 5.41) is 6.43. The van der Waals surface area contributed by atoms with Crippen molar-refractivity contribution in [2.45, 2.75) is 13.8 Å². The van der Waals surface area contributed by atoms with Gasteiger partial charge in [-0.1, -0.05) is 18.2 Å². The Morgan fingerprint density at radius 1 is 1.55 bits per heavy atom. The third kappa shape index (κ3) is 2.99. The van der Waals surface area contributed by atoms with Crippen molar-refractivity contribution in [3.8, 4) is 10.6 Å². The number of hydrogen-bond donors (Lipinski definition) is 0. The Bertz CT molecular complexity index is 613. The van der Waals surface area contributed by atoms with Gasteiger partial charge in [-0.15, -0.1) is 11.3 Å². The molecule has 2 heterocycles. The van der Waals surface area contributed by atoms with E-state index in [0.29, 0.717) is 18.8 Å². The number of rotatable bonds is 5. The third-order valence-corrected chi connectivity index (χ3v) is 3.89. The highest BCUT2D eigenvalue weighted by Crippen LogP contribution is 2.24. The highest BCUT2D eigenvalue weighted by molar-refractivity contribution is 7.13. The molecule has 4 nitrogen and oxygen atoms in total. The summed E-state index contributed by atoms with van der Waals surface area (Å²) in [4.78, 5) is 15.4. The van der Waals surface area contributed by atoms with Gasteiger partial charge in [-0.05, 0) is 31.4 Å². The van der Waals surface area contributed by atoms with Crippen molar-refractivity contribution in [3.63, 3.8) is 0 Å². The number of likely N-dealkylation sites (N-methyl/N-ethyl adjacent to an activating group) is 1. The number of amides is 1. The zero-order chi connectivity index (χ0) is 14.7. The van der Waals surface area contributed by atoms with Crippen molar-refractivity contribution in [1.82, 2.24) is 14.7 Å². The van der Waals surface area contributed by atoms with E-state index in [1.165, 1.54) is 0 Å². The van der Waals surface area contributed by atoms with E-state index >= 15 is 0 Å². The molecule has 106 valence electrons. The van der Waals surface area contributed by atoms with Gasteiger partial charge in [0.05, 0.1) is 4.88 Å². The van der Waals surface area contributed by atoms with E-state index in [1.54, 1.807) is 28.0 Å². The van der Waals surface area contributed by atoms with Gasteiger partial charge in [0, 0.05) is 20.1 Å². The molecule has 0 radical (unpaired) electrons.